The summed E-state index contributed by atoms with van der Waals surface area (Å²) in [6, 6.07) is 15.1. The highest BCUT2D eigenvalue weighted by Crippen LogP contribution is 2.26. The van der Waals surface area contributed by atoms with E-state index in [4.69, 9.17) is 4.74 Å². The first kappa shape index (κ1) is 29.4. The van der Waals surface area contributed by atoms with E-state index < -0.39 is 25.8 Å². The molecule has 0 unspecified atom stereocenters. The fraction of sp³-hybridized carbons (Fsp3) is 0.233. The molecule has 0 amide bonds. The van der Waals surface area contributed by atoms with Gasteiger partial charge in [-0.15, -0.1) is 0 Å². The van der Waals surface area contributed by atoms with Crippen molar-refractivity contribution in [2.24, 2.45) is 4.99 Å². The van der Waals surface area contributed by atoms with Gasteiger partial charge in [0.2, 0.25) is 0 Å². The Kier molecular flexibility index (Phi) is 9.16. The number of rotatable bonds is 10. The Hall–Kier alpha value is -4.54. The van der Waals surface area contributed by atoms with Crippen molar-refractivity contribution in [3.8, 4) is 22.6 Å². The topological polar surface area (TPSA) is 68.5 Å². The summed E-state index contributed by atoms with van der Waals surface area (Å²) in [6.07, 6.45) is -0.424. The molecule has 2 aromatic heterocycles. The van der Waals surface area contributed by atoms with E-state index >= 15 is 0 Å². The molecule has 0 aliphatic rings. The number of fused-ring (bicyclic) bond motifs is 1. The van der Waals surface area contributed by atoms with Gasteiger partial charge < -0.3 is 10.1 Å². The van der Waals surface area contributed by atoms with Crippen LogP contribution in [0.4, 0.5) is 22.0 Å². The van der Waals surface area contributed by atoms with E-state index in [1.165, 1.54) is 29.0 Å². The van der Waals surface area contributed by atoms with E-state index in [1.54, 1.807) is 62.6 Å². The van der Waals surface area contributed by atoms with Gasteiger partial charge in [-0.2, -0.15) is 13.2 Å². The van der Waals surface area contributed by atoms with E-state index in [0.717, 1.165) is 10.9 Å². The maximum Gasteiger partial charge on any atom is 0.405 e. The summed E-state index contributed by atoms with van der Waals surface area (Å²) in [4.78, 5) is 22.4. The second-order valence-corrected chi connectivity index (χ2v) is 9.09. The zero-order valence-electron chi connectivity index (χ0n) is 22.3. The van der Waals surface area contributed by atoms with Crippen LogP contribution in [0.25, 0.3) is 27.7 Å². The molecule has 4 rings (SSSR count). The van der Waals surface area contributed by atoms with Crippen LogP contribution < -0.4 is 15.6 Å². The van der Waals surface area contributed by atoms with E-state index in [1.807, 2.05) is 6.07 Å². The summed E-state index contributed by atoms with van der Waals surface area (Å²) in [5.41, 5.74) is 2.76. The average molecular weight is 571 g/mol. The van der Waals surface area contributed by atoms with Crippen LogP contribution in [0.2, 0.25) is 0 Å². The lowest BCUT2D eigenvalue weighted by atomic mass is 9.98. The summed E-state index contributed by atoms with van der Waals surface area (Å²) in [6.45, 7) is 1.48. The van der Waals surface area contributed by atoms with Crippen molar-refractivity contribution in [3.63, 3.8) is 0 Å². The molecule has 1 N–H and O–H groups in total. The predicted octanol–water partition coefficient (Wildman–Crippen LogP) is 6.83. The van der Waals surface area contributed by atoms with Crippen molar-refractivity contribution < 1.29 is 26.7 Å². The fourth-order valence-corrected chi connectivity index (χ4v) is 4.17. The molecule has 41 heavy (non-hydrogen) atoms. The average Bonchev–Trinajstić information content (AvgIpc) is 2.94. The van der Waals surface area contributed by atoms with Crippen molar-refractivity contribution >= 4 is 17.1 Å². The molecule has 6 nitrogen and oxygen atoms in total. The van der Waals surface area contributed by atoms with E-state index in [0.29, 0.717) is 34.4 Å². The number of nitrogens with zero attached hydrogens (tertiary/aromatic N) is 3. The minimum atomic E-state index is -4.42. The zero-order chi connectivity index (χ0) is 29.6. The van der Waals surface area contributed by atoms with E-state index in [2.05, 4.69) is 15.3 Å². The molecule has 0 aliphatic heterocycles. The van der Waals surface area contributed by atoms with E-state index in [-0.39, 0.29) is 17.1 Å². The number of hydrogen-bond acceptors (Lipinski definition) is 5. The summed E-state index contributed by atoms with van der Waals surface area (Å²) in [7, 11) is 0. The molecule has 4 aromatic rings. The molecular formula is C30H27F5N4O2. The van der Waals surface area contributed by atoms with Gasteiger partial charge in [-0.1, -0.05) is 25.1 Å². The first-order chi connectivity index (χ1) is 19.6. The number of ether oxygens (including phenoxy) is 1. The Morgan fingerprint density at radius 1 is 1.15 bits per heavy atom. The summed E-state index contributed by atoms with van der Waals surface area (Å²) < 4.78 is 70.0. The molecule has 2 heterocycles. The molecule has 0 fully saturated rings. The maximum atomic E-state index is 13.9. The number of pyridine rings is 2. The molecule has 0 radical (unpaired) electrons. The first-order valence-electron chi connectivity index (χ1n) is 12.7. The van der Waals surface area contributed by atoms with Crippen LogP contribution in [0.1, 0.15) is 24.5 Å². The van der Waals surface area contributed by atoms with Crippen LogP contribution in [0.15, 0.2) is 88.7 Å². The Morgan fingerprint density at radius 3 is 2.59 bits per heavy atom. The minimum Gasteiger partial charge on any atom is -0.488 e. The molecule has 0 spiro atoms. The maximum absolute atomic E-state index is 13.9. The summed E-state index contributed by atoms with van der Waals surface area (Å²) in [5.74, 6) is 0.262. The SMILES string of the molecule is CC/C=C(/N=Cc1cn(-c2ccc3ncccc3c2)c(=O)c(-c2ccc(OCC(F)F)cc2)c1C)NCC(F)(F)F. The van der Waals surface area contributed by atoms with Crippen molar-refractivity contribution in [1.82, 2.24) is 14.9 Å². The summed E-state index contributed by atoms with van der Waals surface area (Å²) >= 11 is 0. The number of allylic oxidation sites excluding steroid dienone is 1. The third-order valence-electron chi connectivity index (χ3n) is 6.10. The van der Waals surface area contributed by atoms with E-state index in [9.17, 15) is 26.7 Å². The van der Waals surface area contributed by atoms with Crippen molar-refractivity contribution in [2.75, 3.05) is 13.2 Å². The highest BCUT2D eigenvalue weighted by atomic mass is 19.4. The number of halogens is 5. The van der Waals surface area contributed by atoms with Gasteiger partial charge in [-0.05, 0) is 66.9 Å². The molecule has 2 aromatic carbocycles. The van der Waals surface area contributed by atoms with Gasteiger partial charge in [0.05, 0.1) is 11.1 Å². The second kappa shape index (κ2) is 12.8. The largest absolute Gasteiger partial charge is 0.488 e. The molecule has 0 bridgehead atoms. The van der Waals surface area contributed by atoms with Gasteiger partial charge in [-0.25, -0.2) is 13.8 Å². The van der Waals surface area contributed by atoms with Crippen LogP contribution in [0.5, 0.6) is 5.75 Å². The van der Waals surface area contributed by atoms with Crippen molar-refractivity contribution in [2.45, 2.75) is 32.9 Å². The molecule has 0 atom stereocenters. The van der Waals surface area contributed by atoms with Gasteiger partial charge in [0, 0.05) is 35.2 Å². The number of nitrogens with one attached hydrogen (secondary N) is 1. The highest BCUT2D eigenvalue weighted by molar-refractivity contribution is 5.86. The quantitative estimate of drug-likeness (QED) is 0.168. The van der Waals surface area contributed by atoms with Crippen LogP contribution in [-0.2, 0) is 0 Å². The lowest BCUT2D eigenvalue weighted by Crippen LogP contribution is -2.27. The smallest absolute Gasteiger partial charge is 0.405 e. The van der Waals surface area contributed by atoms with Gasteiger partial charge in [0.1, 0.15) is 24.7 Å². The predicted molar refractivity (Wildman–Crippen MR) is 149 cm³/mol. The first-order valence-corrected chi connectivity index (χ1v) is 12.7. The van der Waals surface area contributed by atoms with Gasteiger partial charge in [0.15, 0.2) is 0 Å². The third-order valence-corrected chi connectivity index (χ3v) is 6.10. The number of aliphatic imine (C=N–C) groups is 1. The molecule has 214 valence electrons. The number of alkyl halides is 5. The monoisotopic (exact) mass is 570 g/mol. The van der Waals surface area contributed by atoms with Crippen LogP contribution >= 0.6 is 0 Å². The standard InChI is InChI=1S/C30H27F5N4O2/c1-3-5-27(38-18-30(33,34)35)37-15-22-16-39(23-9-12-25-21(14-23)6-4-13-36-25)29(40)28(19(22)2)20-7-10-24(11-8-20)41-17-26(31)32/h4-16,26,38H,3,17-18H2,1-2H3/b27-5-,37-15?. The number of aromatic nitrogens is 2. The van der Waals surface area contributed by atoms with Crippen LogP contribution in [-0.4, -0.2) is 41.5 Å². The Morgan fingerprint density at radius 2 is 1.90 bits per heavy atom. The molecular weight excluding hydrogens is 543 g/mol. The Bertz CT molecular complexity index is 1630. The molecule has 0 saturated heterocycles. The summed E-state index contributed by atoms with van der Waals surface area (Å²) in [5, 5.41) is 3.10. The number of benzene rings is 2. The Balaban J connectivity index is 1.83. The molecule has 0 saturated carbocycles. The second-order valence-electron chi connectivity index (χ2n) is 9.09. The lowest BCUT2D eigenvalue weighted by Gasteiger charge is -2.15. The minimum absolute atomic E-state index is 0.0424. The Labute approximate surface area is 232 Å². The molecule has 11 heteroatoms. The normalized spacial score (nSPS) is 12.4. The van der Waals surface area contributed by atoms with Gasteiger partial charge in [0.25, 0.3) is 12.0 Å². The van der Waals surface area contributed by atoms with Crippen LogP contribution in [0.3, 0.4) is 0 Å². The highest BCUT2D eigenvalue weighted by Gasteiger charge is 2.26. The third kappa shape index (κ3) is 7.56. The molecule has 0 aliphatic carbocycles. The van der Waals surface area contributed by atoms with Gasteiger partial charge in [-0.3, -0.25) is 14.3 Å². The zero-order valence-corrected chi connectivity index (χ0v) is 22.3. The number of hydrogen-bond donors (Lipinski definition) is 1. The van der Waals surface area contributed by atoms with Gasteiger partial charge >= 0.3 is 6.18 Å². The fourth-order valence-electron chi connectivity index (χ4n) is 4.17. The van der Waals surface area contributed by atoms with Crippen LogP contribution in [0, 0.1) is 6.92 Å². The lowest BCUT2D eigenvalue weighted by molar-refractivity contribution is -0.123. The van der Waals surface area contributed by atoms with Crippen molar-refractivity contribution in [3.05, 3.63) is 100 Å². The van der Waals surface area contributed by atoms with Crippen molar-refractivity contribution in [1.29, 1.82) is 0 Å².